The van der Waals surface area contributed by atoms with Crippen LogP contribution in [0.1, 0.15) is 16.7 Å². The molecule has 0 spiro atoms. The van der Waals surface area contributed by atoms with Gasteiger partial charge in [-0.15, -0.1) is 0 Å². The van der Waals surface area contributed by atoms with E-state index in [-0.39, 0.29) is 11.1 Å². The summed E-state index contributed by atoms with van der Waals surface area (Å²) in [5.41, 5.74) is 3.76. The summed E-state index contributed by atoms with van der Waals surface area (Å²) in [6, 6.07) is 12.0. The highest BCUT2D eigenvalue weighted by Crippen LogP contribution is 2.37. The Labute approximate surface area is 144 Å². The molecule has 0 N–H and O–H groups in total. The van der Waals surface area contributed by atoms with Gasteiger partial charge in [0.2, 0.25) is 0 Å². The molecule has 2 aromatic rings. The van der Waals surface area contributed by atoms with Crippen molar-refractivity contribution in [3.8, 4) is 0 Å². The smallest absolute Gasteiger partial charge is 0.261 e. The van der Waals surface area contributed by atoms with E-state index in [0.29, 0.717) is 9.89 Å². The van der Waals surface area contributed by atoms with Crippen LogP contribution in [-0.2, 0) is 0 Å². The van der Waals surface area contributed by atoms with Gasteiger partial charge in [0.15, 0.2) is 0 Å². The fourth-order valence-electron chi connectivity index (χ4n) is 2.48. The molecule has 1 fully saturated rings. The van der Waals surface area contributed by atoms with Crippen LogP contribution in [0.2, 0.25) is 0 Å². The van der Waals surface area contributed by atoms with E-state index in [1.165, 1.54) is 12.1 Å². The number of hydrogen-bond donors (Lipinski definition) is 0. The fraction of sp³-hybridized carbons (Fsp3) is 0.111. The molecule has 1 heterocycles. The summed E-state index contributed by atoms with van der Waals surface area (Å²) in [6.45, 7) is 3.98. The maximum absolute atomic E-state index is 13.0. The molecule has 1 saturated heterocycles. The van der Waals surface area contributed by atoms with Crippen molar-refractivity contribution in [2.45, 2.75) is 13.8 Å². The molecule has 5 heteroatoms. The number of carbonyl (C=O) groups excluding carboxylic acids is 1. The predicted molar refractivity (Wildman–Crippen MR) is 98.4 cm³/mol. The monoisotopic (exact) mass is 343 g/mol. The SMILES string of the molecule is Cc1cc(C)cc(N2C(=O)S/C(=C\c3ccc(F)cc3)C2=S)c1. The number of hydrogen-bond acceptors (Lipinski definition) is 3. The Bertz CT molecular complexity index is 807. The lowest BCUT2D eigenvalue weighted by molar-refractivity contribution is 0.268. The van der Waals surface area contributed by atoms with Crippen LogP contribution in [0.25, 0.3) is 6.08 Å². The zero-order valence-electron chi connectivity index (χ0n) is 12.7. The van der Waals surface area contributed by atoms with Crippen LogP contribution in [0.4, 0.5) is 14.9 Å². The lowest BCUT2D eigenvalue weighted by atomic mass is 10.1. The van der Waals surface area contributed by atoms with E-state index in [0.717, 1.165) is 34.1 Å². The summed E-state index contributed by atoms with van der Waals surface area (Å²) in [5.74, 6) is -0.290. The number of thiocarbonyl (C=S) groups is 1. The lowest BCUT2D eigenvalue weighted by Gasteiger charge is -2.16. The average Bonchev–Trinajstić information content (AvgIpc) is 2.75. The van der Waals surface area contributed by atoms with Gasteiger partial charge in [0.25, 0.3) is 5.24 Å². The van der Waals surface area contributed by atoms with Gasteiger partial charge >= 0.3 is 0 Å². The highest BCUT2D eigenvalue weighted by Gasteiger charge is 2.33. The minimum Gasteiger partial charge on any atom is -0.261 e. The van der Waals surface area contributed by atoms with Gasteiger partial charge in [-0.05, 0) is 72.6 Å². The van der Waals surface area contributed by atoms with Crippen LogP contribution >= 0.6 is 24.0 Å². The Morgan fingerprint density at radius 1 is 1.09 bits per heavy atom. The van der Waals surface area contributed by atoms with Gasteiger partial charge in [-0.1, -0.05) is 30.4 Å². The maximum Gasteiger partial charge on any atom is 0.296 e. The molecular formula is C18H14FNOS2. The van der Waals surface area contributed by atoms with Crippen molar-refractivity contribution < 1.29 is 9.18 Å². The minimum atomic E-state index is -0.290. The van der Waals surface area contributed by atoms with Gasteiger partial charge in [-0.3, -0.25) is 9.69 Å². The fourth-order valence-corrected chi connectivity index (χ4v) is 3.76. The van der Waals surface area contributed by atoms with Gasteiger partial charge in [0.1, 0.15) is 10.8 Å². The lowest BCUT2D eigenvalue weighted by Crippen LogP contribution is -2.26. The number of nitrogens with zero attached hydrogens (tertiary/aromatic N) is 1. The number of aryl methyl sites for hydroxylation is 2. The third kappa shape index (κ3) is 3.35. The van der Waals surface area contributed by atoms with Crippen LogP contribution in [-0.4, -0.2) is 10.2 Å². The number of anilines is 1. The van der Waals surface area contributed by atoms with E-state index in [1.807, 2.05) is 32.1 Å². The highest BCUT2D eigenvalue weighted by molar-refractivity contribution is 8.20. The van der Waals surface area contributed by atoms with Crippen LogP contribution in [0, 0.1) is 19.7 Å². The molecule has 0 unspecified atom stereocenters. The van der Waals surface area contributed by atoms with Gasteiger partial charge < -0.3 is 0 Å². The molecule has 0 aliphatic carbocycles. The normalized spacial score (nSPS) is 16.5. The highest BCUT2D eigenvalue weighted by atomic mass is 32.2. The molecule has 0 saturated carbocycles. The molecule has 0 radical (unpaired) electrons. The zero-order chi connectivity index (χ0) is 16.6. The minimum absolute atomic E-state index is 0.117. The molecule has 2 aromatic carbocycles. The molecular weight excluding hydrogens is 329 g/mol. The Morgan fingerprint density at radius 2 is 1.70 bits per heavy atom. The van der Waals surface area contributed by atoms with Gasteiger partial charge in [-0.25, -0.2) is 4.39 Å². The number of carbonyl (C=O) groups is 1. The summed E-state index contributed by atoms with van der Waals surface area (Å²) in [7, 11) is 0. The first kappa shape index (κ1) is 15.9. The van der Waals surface area contributed by atoms with E-state index in [4.69, 9.17) is 12.2 Å². The summed E-state index contributed by atoms with van der Waals surface area (Å²) in [4.78, 5) is 15.1. The Balaban J connectivity index is 1.95. The first-order valence-corrected chi connectivity index (χ1v) is 8.28. The number of amides is 1. The topological polar surface area (TPSA) is 20.3 Å². The van der Waals surface area contributed by atoms with Crippen molar-refractivity contribution in [1.29, 1.82) is 0 Å². The molecule has 1 aliphatic rings. The Morgan fingerprint density at radius 3 is 2.30 bits per heavy atom. The summed E-state index contributed by atoms with van der Waals surface area (Å²) in [5, 5.41) is -0.117. The van der Waals surface area contributed by atoms with Gasteiger partial charge in [0, 0.05) is 0 Å². The summed E-state index contributed by atoms with van der Waals surface area (Å²) < 4.78 is 13.0. The van der Waals surface area contributed by atoms with E-state index in [2.05, 4.69) is 6.07 Å². The van der Waals surface area contributed by atoms with E-state index < -0.39 is 0 Å². The van der Waals surface area contributed by atoms with Crippen LogP contribution in [0.3, 0.4) is 0 Å². The molecule has 2 nitrogen and oxygen atoms in total. The first-order chi connectivity index (χ1) is 10.9. The summed E-state index contributed by atoms with van der Waals surface area (Å²) >= 11 is 6.57. The number of rotatable bonds is 2. The third-order valence-corrected chi connectivity index (χ3v) is 4.85. The average molecular weight is 343 g/mol. The second kappa shape index (κ2) is 6.26. The quantitative estimate of drug-likeness (QED) is 0.532. The van der Waals surface area contributed by atoms with Crippen molar-refractivity contribution in [2.24, 2.45) is 0 Å². The van der Waals surface area contributed by atoms with Gasteiger partial charge in [-0.2, -0.15) is 0 Å². The largest absolute Gasteiger partial charge is 0.296 e. The van der Waals surface area contributed by atoms with Crippen molar-refractivity contribution in [3.05, 3.63) is 69.9 Å². The molecule has 0 aromatic heterocycles. The summed E-state index contributed by atoms with van der Waals surface area (Å²) in [6.07, 6.45) is 1.81. The first-order valence-electron chi connectivity index (χ1n) is 7.06. The second-order valence-electron chi connectivity index (χ2n) is 5.41. The van der Waals surface area contributed by atoms with Crippen LogP contribution < -0.4 is 4.90 Å². The van der Waals surface area contributed by atoms with E-state index >= 15 is 0 Å². The number of benzene rings is 2. The molecule has 3 rings (SSSR count). The van der Waals surface area contributed by atoms with Crippen LogP contribution in [0.15, 0.2) is 47.4 Å². The Hall–Kier alpha value is -1.98. The van der Waals surface area contributed by atoms with Crippen molar-refractivity contribution in [1.82, 2.24) is 0 Å². The van der Waals surface area contributed by atoms with Crippen molar-refractivity contribution in [3.63, 3.8) is 0 Å². The molecule has 1 amide bonds. The number of thioether (sulfide) groups is 1. The predicted octanol–water partition coefficient (Wildman–Crippen LogP) is 5.48. The van der Waals surface area contributed by atoms with E-state index in [1.54, 1.807) is 17.0 Å². The molecule has 23 heavy (non-hydrogen) atoms. The molecule has 1 aliphatic heterocycles. The molecule has 0 bridgehead atoms. The van der Waals surface area contributed by atoms with Crippen molar-refractivity contribution >= 4 is 46.0 Å². The molecule has 0 atom stereocenters. The van der Waals surface area contributed by atoms with Gasteiger partial charge in [0.05, 0.1) is 10.6 Å². The molecule has 116 valence electrons. The van der Waals surface area contributed by atoms with Crippen molar-refractivity contribution in [2.75, 3.05) is 4.90 Å². The Kier molecular flexibility index (Phi) is 4.33. The van der Waals surface area contributed by atoms with Crippen LogP contribution in [0.5, 0.6) is 0 Å². The standard InChI is InChI=1S/C18H14FNOS2/c1-11-7-12(2)9-15(8-11)20-17(22)16(23-18(20)21)10-13-3-5-14(19)6-4-13/h3-10H,1-2H3/b16-10-. The maximum atomic E-state index is 13.0. The van der Waals surface area contributed by atoms with E-state index in [9.17, 15) is 9.18 Å². The number of halogens is 1. The second-order valence-corrected chi connectivity index (χ2v) is 6.79. The third-order valence-electron chi connectivity index (χ3n) is 3.43. The zero-order valence-corrected chi connectivity index (χ0v) is 14.3.